The molecule has 3 aromatic rings. The van der Waals surface area contributed by atoms with Gasteiger partial charge in [-0.05, 0) is 43.7 Å². The van der Waals surface area contributed by atoms with Gasteiger partial charge in [-0.2, -0.15) is 10.2 Å². The number of hydrogen-bond acceptors (Lipinski definition) is 5. The van der Waals surface area contributed by atoms with Gasteiger partial charge in [-0.25, -0.2) is 9.78 Å². The van der Waals surface area contributed by atoms with Crippen LogP contribution >= 0.6 is 0 Å². The molecule has 0 unspecified atom stereocenters. The smallest absolute Gasteiger partial charge is 0.322 e. The minimum absolute atomic E-state index is 0.140. The van der Waals surface area contributed by atoms with E-state index in [1.165, 1.54) is 0 Å². The molecular weight excluding hydrogens is 354 g/mol. The van der Waals surface area contributed by atoms with Crippen LogP contribution in [0, 0.1) is 18.3 Å². The Bertz CT molecular complexity index is 998. The highest BCUT2D eigenvalue weighted by molar-refractivity contribution is 5.87. The normalized spacial score (nSPS) is 11.2. The van der Waals surface area contributed by atoms with Crippen molar-refractivity contribution in [3.05, 3.63) is 77.5 Å². The molecule has 7 heteroatoms. The predicted octanol–water partition coefficient (Wildman–Crippen LogP) is 4.33. The summed E-state index contributed by atoms with van der Waals surface area (Å²) in [6.07, 6.45) is 0. The first-order chi connectivity index (χ1) is 13.5. The molecule has 140 valence electrons. The molecule has 2 N–H and O–H groups in total. The van der Waals surface area contributed by atoms with Gasteiger partial charge in [0.05, 0.1) is 17.7 Å². The second-order valence-electron chi connectivity index (χ2n) is 6.14. The number of anilines is 1. The molecule has 3 rings (SSSR count). The number of ether oxygens (including phenoxy) is 1. The predicted molar refractivity (Wildman–Crippen MR) is 105 cm³/mol. The molecule has 0 aliphatic heterocycles. The maximum atomic E-state index is 12.3. The largest absolute Gasteiger partial charge is 0.439 e. The van der Waals surface area contributed by atoms with E-state index in [4.69, 9.17) is 10.00 Å². The number of aromatic nitrogens is 2. The highest BCUT2D eigenvalue weighted by Gasteiger charge is 2.12. The van der Waals surface area contributed by atoms with Gasteiger partial charge in [0, 0.05) is 11.8 Å². The number of nitrogens with one attached hydrogen (secondary N) is 2. The molecule has 0 saturated heterocycles. The van der Waals surface area contributed by atoms with Crippen LogP contribution in [0.1, 0.15) is 29.8 Å². The maximum Gasteiger partial charge on any atom is 0.322 e. The van der Waals surface area contributed by atoms with E-state index in [0.717, 1.165) is 5.56 Å². The summed E-state index contributed by atoms with van der Waals surface area (Å²) in [7, 11) is 0. The number of nitrogens with zero attached hydrogens (tertiary/aromatic N) is 3. The number of rotatable bonds is 5. The zero-order chi connectivity index (χ0) is 19.9. The van der Waals surface area contributed by atoms with Crippen molar-refractivity contribution in [2.24, 2.45) is 0 Å². The van der Waals surface area contributed by atoms with Crippen molar-refractivity contribution in [1.82, 2.24) is 15.3 Å². The van der Waals surface area contributed by atoms with Gasteiger partial charge in [0.2, 0.25) is 11.8 Å². The molecule has 2 amide bonds. The van der Waals surface area contributed by atoms with E-state index in [1.54, 1.807) is 37.3 Å². The zero-order valence-corrected chi connectivity index (χ0v) is 15.5. The Balaban J connectivity index is 1.67. The number of nitriles is 1. The van der Waals surface area contributed by atoms with Crippen molar-refractivity contribution in [3.8, 4) is 17.7 Å². The second-order valence-corrected chi connectivity index (χ2v) is 6.14. The minimum Gasteiger partial charge on any atom is -0.439 e. The van der Waals surface area contributed by atoms with Crippen molar-refractivity contribution < 1.29 is 9.53 Å². The first-order valence-corrected chi connectivity index (χ1v) is 8.69. The van der Waals surface area contributed by atoms with Crippen LogP contribution in [0.4, 0.5) is 10.7 Å². The van der Waals surface area contributed by atoms with Crippen molar-refractivity contribution in [2.75, 3.05) is 5.32 Å². The van der Waals surface area contributed by atoms with E-state index in [1.807, 2.05) is 43.3 Å². The topological polar surface area (TPSA) is 99.9 Å². The Morgan fingerprint density at radius 2 is 1.82 bits per heavy atom. The third kappa shape index (κ3) is 5.05. The summed E-state index contributed by atoms with van der Waals surface area (Å²) >= 11 is 0. The van der Waals surface area contributed by atoms with Crippen molar-refractivity contribution in [1.29, 1.82) is 5.26 Å². The van der Waals surface area contributed by atoms with Gasteiger partial charge < -0.3 is 10.1 Å². The Labute approximate surface area is 163 Å². The van der Waals surface area contributed by atoms with Gasteiger partial charge in [0.1, 0.15) is 5.75 Å². The molecule has 0 spiro atoms. The fourth-order valence-corrected chi connectivity index (χ4v) is 2.53. The standard InChI is InChI=1S/C21H19N5O2/c1-14-12-19(28-18-10-8-16(13-22)9-11-18)25-20(23-14)26-21(27)24-15(2)17-6-4-3-5-7-17/h3-12,15H,1-2H3,(H2,23,24,25,26,27)/t15-/m1/s1. The van der Waals surface area contributed by atoms with Crippen LogP contribution in [-0.4, -0.2) is 16.0 Å². The molecule has 1 aromatic heterocycles. The quantitative estimate of drug-likeness (QED) is 0.693. The Hall–Kier alpha value is -3.92. The van der Waals surface area contributed by atoms with Crippen molar-refractivity contribution in [3.63, 3.8) is 0 Å². The van der Waals surface area contributed by atoms with Crippen LogP contribution in [-0.2, 0) is 0 Å². The first-order valence-electron chi connectivity index (χ1n) is 8.69. The molecular formula is C21H19N5O2. The molecule has 0 aliphatic carbocycles. The van der Waals surface area contributed by atoms with Crippen LogP contribution in [0.25, 0.3) is 0 Å². The summed E-state index contributed by atoms with van der Waals surface area (Å²) in [5.41, 5.74) is 2.18. The third-order valence-electron chi connectivity index (χ3n) is 3.91. The zero-order valence-electron chi connectivity index (χ0n) is 15.5. The first kappa shape index (κ1) is 18.9. The molecule has 0 saturated carbocycles. The lowest BCUT2D eigenvalue weighted by molar-refractivity contribution is 0.249. The average molecular weight is 373 g/mol. The molecule has 0 bridgehead atoms. The third-order valence-corrected chi connectivity index (χ3v) is 3.91. The summed E-state index contributed by atoms with van der Waals surface area (Å²) in [5.74, 6) is 0.968. The monoisotopic (exact) mass is 373 g/mol. The summed E-state index contributed by atoms with van der Waals surface area (Å²) < 4.78 is 5.70. The van der Waals surface area contributed by atoms with Crippen LogP contribution in [0.5, 0.6) is 11.6 Å². The van der Waals surface area contributed by atoms with E-state index < -0.39 is 6.03 Å². The van der Waals surface area contributed by atoms with Crippen LogP contribution < -0.4 is 15.4 Å². The fourth-order valence-electron chi connectivity index (χ4n) is 2.53. The van der Waals surface area contributed by atoms with E-state index in [2.05, 4.69) is 20.6 Å². The Kier molecular flexibility index (Phi) is 5.82. The SMILES string of the molecule is Cc1cc(Oc2ccc(C#N)cc2)nc(NC(=O)N[C@H](C)c2ccccc2)n1. The molecule has 0 radical (unpaired) electrons. The van der Waals surface area contributed by atoms with Gasteiger partial charge in [-0.15, -0.1) is 0 Å². The van der Waals surface area contributed by atoms with E-state index >= 15 is 0 Å². The van der Waals surface area contributed by atoms with E-state index in [0.29, 0.717) is 22.9 Å². The summed E-state index contributed by atoms with van der Waals surface area (Å²) in [5, 5.41) is 14.3. The van der Waals surface area contributed by atoms with Crippen LogP contribution in [0.15, 0.2) is 60.7 Å². The lowest BCUT2D eigenvalue weighted by Crippen LogP contribution is -2.31. The number of aryl methyl sites for hydroxylation is 1. The molecule has 28 heavy (non-hydrogen) atoms. The van der Waals surface area contributed by atoms with Gasteiger partial charge in [0.25, 0.3) is 0 Å². The molecule has 0 fully saturated rings. The second kappa shape index (κ2) is 8.64. The van der Waals surface area contributed by atoms with E-state index in [-0.39, 0.29) is 12.0 Å². The molecule has 7 nitrogen and oxygen atoms in total. The summed E-state index contributed by atoms with van der Waals surface area (Å²) in [6.45, 7) is 3.68. The Morgan fingerprint density at radius 1 is 1.11 bits per heavy atom. The minimum atomic E-state index is -0.411. The van der Waals surface area contributed by atoms with Gasteiger partial charge in [-0.1, -0.05) is 30.3 Å². The van der Waals surface area contributed by atoms with Gasteiger partial charge in [0.15, 0.2) is 0 Å². The number of amides is 2. The van der Waals surface area contributed by atoms with Crippen molar-refractivity contribution >= 4 is 12.0 Å². The highest BCUT2D eigenvalue weighted by Crippen LogP contribution is 2.21. The molecule has 1 atom stereocenters. The molecule has 0 aliphatic rings. The average Bonchev–Trinajstić information content (AvgIpc) is 2.68. The number of carbonyl (C=O) groups is 1. The van der Waals surface area contributed by atoms with Gasteiger partial charge >= 0.3 is 6.03 Å². The lowest BCUT2D eigenvalue weighted by atomic mass is 10.1. The maximum absolute atomic E-state index is 12.3. The molecule has 1 heterocycles. The van der Waals surface area contributed by atoms with E-state index in [9.17, 15) is 4.79 Å². The van der Waals surface area contributed by atoms with Crippen molar-refractivity contribution in [2.45, 2.75) is 19.9 Å². The number of benzene rings is 2. The summed E-state index contributed by atoms with van der Waals surface area (Å²) in [4.78, 5) is 20.7. The Morgan fingerprint density at radius 3 is 2.50 bits per heavy atom. The van der Waals surface area contributed by atoms with Crippen LogP contribution in [0.3, 0.4) is 0 Å². The fraction of sp³-hybridized carbons (Fsp3) is 0.143. The number of carbonyl (C=O) groups excluding carboxylic acids is 1. The van der Waals surface area contributed by atoms with Crippen LogP contribution in [0.2, 0.25) is 0 Å². The number of hydrogen-bond donors (Lipinski definition) is 2. The van der Waals surface area contributed by atoms with Gasteiger partial charge in [-0.3, -0.25) is 5.32 Å². The highest BCUT2D eigenvalue weighted by atomic mass is 16.5. The number of urea groups is 1. The lowest BCUT2D eigenvalue weighted by Gasteiger charge is -2.15. The summed E-state index contributed by atoms with van der Waals surface area (Å²) in [6, 6.07) is 19.4. The molecule has 2 aromatic carbocycles.